The Kier molecular flexibility index (Phi) is 4.86. The van der Waals surface area contributed by atoms with Crippen molar-refractivity contribution in [3.63, 3.8) is 0 Å². The van der Waals surface area contributed by atoms with Gasteiger partial charge in [0.15, 0.2) is 0 Å². The van der Waals surface area contributed by atoms with Gasteiger partial charge in [0.2, 0.25) is 5.91 Å². The fraction of sp³-hybridized carbons (Fsp3) is 0.304. The second-order valence-corrected chi connectivity index (χ2v) is 7.91. The lowest BCUT2D eigenvalue weighted by Crippen LogP contribution is -2.29. The molecule has 1 saturated heterocycles. The van der Waals surface area contributed by atoms with Gasteiger partial charge in [0.05, 0.1) is 5.69 Å². The van der Waals surface area contributed by atoms with E-state index >= 15 is 0 Å². The van der Waals surface area contributed by atoms with Gasteiger partial charge in [0, 0.05) is 54.6 Å². The summed E-state index contributed by atoms with van der Waals surface area (Å²) in [6, 6.07) is 11.9. The summed E-state index contributed by atoms with van der Waals surface area (Å²) in [6.45, 7) is 1.39. The van der Waals surface area contributed by atoms with Crippen LogP contribution in [-0.4, -0.2) is 38.8 Å². The van der Waals surface area contributed by atoms with E-state index in [0.29, 0.717) is 23.9 Å². The van der Waals surface area contributed by atoms with Crippen molar-refractivity contribution in [1.29, 1.82) is 0 Å². The third-order valence-corrected chi connectivity index (χ3v) is 5.61. The predicted molar refractivity (Wildman–Crippen MR) is 112 cm³/mol. The molecule has 2 aromatic heterocycles. The number of amides is 1. The number of benzene rings is 1. The summed E-state index contributed by atoms with van der Waals surface area (Å²) >= 11 is 0. The first-order chi connectivity index (χ1) is 14.7. The Morgan fingerprint density at radius 2 is 1.90 bits per heavy atom. The van der Waals surface area contributed by atoms with Gasteiger partial charge in [0.1, 0.15) is 17.5 Å². The number of pyridine rings is 1. The van der Waals surface area contributed by atoms with E-state index in [2.05, 4.69) is 10.3 Å². The number of halogens is 1. The van der Waals surface area contributed by atoms with Gasteiger partial charge in [-0.25, -0.2) is 14.4 Å². The molecule has 1 amide bonds. The molecule has 1 saturated carbocycles. The van der Waals surface area contributed by atoms with Gasteiger partial charge in [-0.15, -0.1) is 0 Å². The van der Waals surface area contributed by atoms with Gasteiger partial charge in [-0.05, 0) is 49.6 Å². The summed E-state index contributed by atoms with van der Waals surface area (Å²) < 4.78 is 13.6. The normalized spacial score (nSPS) is 18.4. The number of nitrogens with zero attached hydrogens (tertiary/aromatic N) is 4. The number of aromatic nitrogens is 3. The highest BCUT2D eigenvalue weighted by molar-refractivity contribution is 5.81. The molecule has 0 unspecified atom stereocenters. The second kappa shape index (κ2) is 7.82. The average molecular weight is 403 g/mol. The Morgan fingerprint density at radius 3 is 2.67 bits per heavy atom. The van der Waals surface area contributed by atoms with Gasteiger partial charge in [-0.1, -0.05) is 6.07 Å². The van der Waals surface area contributed by atoms with Crippen LogP contribution in [0.1, 0.15) is 31.0 Å². The lowest BCUT2D eigenvalue weighted by atomic mass is 10.1. The number of hydrogen-bond donors (Lipinski definition) is 1. The first-order valence-corrected chi connectivity index (χ1v) is 10.3. The van der Waals surface area contributed by atoms with Crippen molar-refractivity contribution in [3.8, 4) is 11.3 Å². The van der Waals surface area contributed by atoms with Crippen LogP contribution in [0.25, 0.3) is 11.3 Å². The lowest BCUT2D eigenvalue weighted by Gasteiger charge is -2.17. The van der Waals surface area contributed by atoms with Crippen molar-refractivity contribution < 1.29 is 9.18 Å². The SMILES string of the molecule is O=C(C1CC1)N1CC[C@H](c2nc(Nc3cccc(F)c3)cc(-c3ccncc3)n2)C1. The third-order valence-electron chi connectivity index (χ3n) is 5.61. The van der Waals surface area contributed by atoms with E-state index in [4.69, 9.17) is 9.97 Å². The van der Waals surface area contributed by atoms with Crippen LogP contribution < -0.4 is 5.32 Å². The Morgan fingerprint density at radius 1 is 1.07 bits per heavy atom. The predicted octanol–water partition coefficient (Wildman–Crippen LogP) is 4.15. The highest BCUT2D eigenvalue weighted by Gasteiger charge is 2.37. The molecule has 2 aliphatic rings. The van der Waals surface area contributed by atoms with Crippen LogP contribution in [0.4, 0.5) is 15.9 Å². The molecule has 6 nitrogen and oxygen atoms in total. The molecule has 30 heavy (non-hydrogen) atoms. The van der Waals surface area contributed by atoms with Gasteiger partial charge in [0.25, 0.3) is 0 Å². The smallest absolute Gasteiger partial charge is 0.225 e. The first kappa shape index (κ1) is 18.7. The minimum atomic E-state index is -0.311. The largest absolute Gasteiger partial charge is 0.342 e. The summed E-state index contributed by atoms with van der Waals surface area (Å²) in [6.07, 6.45) is 6.31. The van der Waals surface area contributed by atoms with E-state index in [-0.39, 0.29) is 23.6 Å². The molecule has 0 bridgehead atoms. The van der Waals surface area contributed by atoms with Crippen molar-refractivity contribution in [1.82, 2.24) is 19.9 Å². The quantitative estimate of drug-likeness (QED) is 0.693. The van der Waals surface area contributed by atoms with E-state index in [1.165, 1.54) is 12.1 Å². The maximum atomic E-state index is 13.6. The molecule has 1 atom stereocenters. The fourth-order valence-corrected chi connectivity index (χ4v) is 3.86. The van der Waals surface area contributed by atoms with Crippen molar-refractivity contribution in [2.24, 2.45) is 5.92 Å². The summed E-state index contributed by atoms with van der Waals surface area (Å²) in [7, 11) is 0. The molecule has 5 rings (SSSR count). The van der Waals surface area contributed by atoms with Gasteiger partial charge >= 0.3 is 0 Å². The molecule has 3 aromatic rings. The highest BCUT2D eigenvalue weighted by Crippen LogP contribution is 2.35. The molecule has 7 heteroatoms. The van der Waals surface area contributed by atoms with E-state index in [1.807, 2.05) is 23.1 Å². The minimum absolute atomic E-state index is 0.0857. The number of rotatable bonds is 5. The second-order valence-electron chi connectivity index (χ2n) is 7.91. The average Bonchev–Trinajstić information content (AvgIpc) is 3.50. The molecular formula is C23H22FN5O. The molecule has 1 aromatic carbocycles. The van der Waals surface area contributed by atoms with Crippen LogP contribution in [0.3, 0.4) is 0 Å². The molecule has 0 spiro atoms. The minimum Gasteiger partial charge on any atom is -0.342 e. The maximum Gasteiger partial charge on any atom is 0.225 e. The number of hydrogen-bond acceptors (Lipinski definition) is 5. The zero-order valence-electron chi connectivity index (χ0n) is 16.5. The van der Waals surface area contributed by atoms with Gasteiger partial charge in [-0.2, -0.15) is 0 Å². The zero-order valence-corrected chi connectivity index (χ0v) is 16.5. The number of carbonyl (C=O) groups is 1. The molecule has 1 aliphatic heterocycles. The summed E-state index contributed by atoms with van der Waals surface area (Å²) in [5.74, 6) is 1.56. The third kappa shape index (κ3) is 4.01. The Balaban J connectivity index is 1.46. The monoisotopic (exact) mass is 403 g/mol. The van der Waals surface area contributed by atoms with E-state index < -0.39 is 0 Å². The Hall–Kier alpha value is -3.35. The van der Waals surface area contributed by atoms with Crippen LogP contribution in [0.2, 0.25) is 0 Å². The van der Waals surface area contributed by atoms with Crippen molar-refractivity contribution in [3.05, 3.63) is 66.5 Å². The first-order valence-electron chi connectivity index (χ1n) is 10.3. The van der Waals surface area contributed by atoms with Crippen molar-refractivity contribution in [2.75, 3.05) is 18.4 Å². The number of anilines is 2. The maximum absolute atomic E-state index is 13.6. The van der Waals surface area contributed by atoms with E-state index in [0.717, 1.165) is 37.1 Å². The topological polar surface area (TPSA) is 71.0 Å². The molecule has 3 heterocycles. The molecule has 152 valence electrons. The van der Waals surface area contributed by atoms with E-state index in [1.54, 1.807) is 24.5 Å². The number of carbonyl (C=O) groups excluding carboxylic acids is 1. The molecular weight excluding hydrogens is 381 g/mol. The van der Waals surface area contributed by atoms with Crippen molar-refractivity contribution in [2.45, 2.75) is 25.2 Å². The summed E-state index contributed by atoms with van der Waals surface area (Å²) in [5.41, 5.74) is 2.32. The summed E-state index contributed by atoms with van der Waals surface area (Å²) in [5, 5.41) is 3.19. The molecule has 2 fully saturated rings. The Labute approximate surface area is 174 Å². The standard InChI is InChI=1S/C23H22FN5O/c24-18-2-1-3-19(12-18)26-21-13-20(15-6-9-25-10-7-15)27-22(28-21)17-8-11-29(14-17)23(30)16-4-5-16/h1-3,6-7,9-10,12-13,16-17H,4-5,8,11,14H2,(H,26,27,28)/t17-/m0/s1. The van der Waals surface area contributed by atoms with Gasteiger partial charge in [-0.3, -0.25) is 9.78 Å². The van der Waals surface area contributed by atoms with Crippen molar-refractivity contribution >= 4 is 17.4 Å². The molecule has 1 aliphatic carbocycles. The fourth-order valence-electron chi connectivity index (χ4n) is 3.86. The van der Waals surface area contributed by atoms with Crippen LogP contribution >= 0.6 is 0 Å². The van der Waals surface area contributed by atoms with Crippen LogP contribution in [-0.2, 0) is 4.79 Å². The lowest BCUT2D eigenvalue weighted by molar-refractivity contribution is -0.131. The number of likely N-dealkylation sites (tertiary alicyclic amines) is 1. The number of nitrogens with one attached hydrogen (secondary N) is 1. The molecule has 0 radical (unpaired) electrons. The summed E-state index contributed by atoms with van der Waals surface area (Å²) in [4.78, 5) is 28.0. The zero-order chi connectivity index (χ0) is 20.5. The van der Waals surface area contributed by atoms with E-state index in [9.17, 15) is 9.18 Å². The highest BCUT2D eigenvalue weighted by atomic mass is 19.1. The van der Waals surface area contributed by atoms with Gasteiger partial charge < -0.3 is 10.2 Å². The van der Waals surface area contributed by atoms with Crippen LogP contribution in [0.15, 0.2) is 54.9 Å². The molecule has 1 N–H and O–H groups in total. The van der Waals surface area contributed by atoms with Crippen LogP contribution in [0, 0.1) is 11.7 Å². The Bertz CT molecular complexity index is 1070. The van der Waals surface area contributed by atoms with Crippen LogP contribution in [0.5, 0.6) is 0 Å².